The van der Waals surface area contributed by atoms with Gasteiger partial charge in [0, 0.05) is 26.1 Å². The van der Waals surface area contributed by atoms with Gasteiger partial charge in [-0.2, -0.15) is 0 Å². The second-order valence-electron chi connectivity index (χ2n) is 17.2. The first-order valence-corrected chi connectivity index (χ1v) is 25.1. The molecule has 10 nitrogen and oxygen atoms in total. The van der Waals surface area contributed by atoms with Crippen molar-refractivity contribution in [2.24, 2.45) is 0 Å². The van der Waals surface area contributed by atoms with Crippen LogP contribution in [-0.4, -0.2) is 75.7 Å². The van der Waals surface area contributed by atoms with E-state index in [4.69, 9.17) is 28.4 Å². The molecule has 0 radical (unpaired) electrons. The smallest absolute Gasteiger partial charge is 0.338 e. The lowest BCUT2D eigenvalue weighted by molar-refractivity contribution is -0.141. The number of benzene rings is 1. The van der Waals surface area contributed by atoms with E-state index in [-0.39, 0.29) is 36.4 Å². The van der Waals surface area contributed by atoms with Gasteiger partial charge in [0.25, 0.3) is 0 Å². The van der Waals surface area contributed by atoms with Crippen LogP contribution < -0.4 is 0 Å². The second-order valence-corrected chi connectivity index (χ2v) is 17.2. The van der Waals surface area contributed by atoms with Gasteiger partial charge in [0.1, 0.15) is 12.2 Å². The summed E-state index contributed by atoms with van der Waals surface area (Å²) < 4.78 is 34.9. The maximum atomic E-state index is 13.8. The number of ether oxygens (including phenoxy) is 6. The molecule has 0 aromatic heterocycles. The molecule has 0 aliphatic carbocycles. The van der Waals surface area contributed by atoms with E-state index in [1.807, 2.05) is 0 Å². The van der Waals surface area contributed by atoms with Crippen LogP contribution >= 0.6 is 0 Å². The highest BCUT2D eigenvalue weighted by Gasteiger charge is 2.28. The standard InChI is InChI=1S/C52H90O10/c1-7-11-13-15-19-25-31-45(59-41-9-3)48(34-28-22-18-24-30-36-50(54)58-6)62-52(56)44-39-37-43(38-40-44)51(55)61-47(33-27-20-16-14-12-8-2)46(60-42-10-4)32-26-21-17-23-29-35-49(53)57-5/h37-40,45-48H,7-36,41-42H2,1-6H3. The molecule has 1 rings (SSSR count). The topological polar surface area (TPSA) is 124 Å². The van der Waals surface area contributed by atoms with Crippen molar-refractivity contribution in [2.75, 3.05) is 27.4 Å². The van der Waals surface area contributed by atoms with E-state index in [1.54, 1.807) is 24.3 Å². The third-order valence-electron chi connectivity index (χ3n) is 11.7. The van der Waals surface area contributed by atoms with Crippen molar-refractivity contribution in [2.45, 2.75) is 245 Å². The largest absolute Gasteiger partial charge is 0.469 e. The molecule has 1 aromatic carbocycles. The summed E-state index contributed by atoms with van der Waals surface area (Å²) in [6, 6.07) is 6.67. The number of unbranched alkanes of at least 4 members (excludes halogenated alkanes) is 18. The summed E-state index contributed by atoms with van der Waals surface area (Å²) in [6.07, 6.45) is 28.0. The Balaban J connectivity index is 3.07. The van der Waals surface area contributed by atoms with Crippen molar-refractivity contribution in [3.63, 3.8) is 0 Å². The van der Waals surface area contributed by atoms with Gasteiger partial charge in [-0.25, -0.2) is 9.59 Å². The van der Waals surface area contributed by atoms with Crippen molar-refractivity contribution in [1.29, 1.82) is 0 Å². The highest BCUT2D eigenvalue weighted by Crippen LogP contribution is 2.24. The molecule has 0 heterocycles. The molecule has 0 spiro atoms. The quantitative estimate of drug-likeness (QED) is 0.0356. The maximum Gasteiger partial charge on any atom is 0.338 e. The molecule has 358 valence electrons. The number of hydrogen-bond donors (Lipinski definition) is 0. The van der Waals surface area contributed by atoms with Crippen LogP contribution in [0.4, 0.5) is 0 Å². The van der Waals surface area contributed by atoms with Gasteiger partial charge in [-0.15, -0.1) is 0 Å². The summed E-state index contributed by atoms with van der Waals surface area (Å²) in [4.78, 5) is 50.5. The lowest BCUT2D eigenvalue weighted by Gasteiger charge is -2.28. The highest BCUT2D eigenvalue weighted by molar-refractivity contribution is 5.93. The van der Waals surface area contributed by atoms with Crippen molar-refractivity contribution < 1.29 is 47.6 Å². The zero-order chi connectivity index (χ0) is 45.5. The summed E-state index contributed by atoms with van der Waals surface area (Å²) in [5.41, 5.74) is 0.785. The minimum atomic E-state index is -0.416. The molecule has 0 N–H and O–H groups in total. The van der Waals surface area contributed by atoms with Gasteiger partial charge in [-0.05, 0) is 88.5 Å². The van der Waals surface area contributed by atoms with Gasteiger partial charge in [-0.1, -0.05) is 143 Å². The summed E-state index contributed by atoms with van der Waals surface area (Å²) in [7, 11) is 2.85. The molecule has 0 saturated heterocycles. The molecule has 1 aromatic rings. The molecule has 4 unspecified atom stereocenters. The Labute approximate surface area is 378 Å². The van der Waals surface area contributed by atoms with Crippen LogP contribution in [0, 0.1) is 0 Å². The van der Waals surface area contributed by atoms with Crippen LogP contribution in [0.3, 0.4) is 0 Å². The summed E-state index contributed by atoms with van der Waals surface area (Å²) in [5, 5.41) is 0. The second kappa shape index (κ2) is 39.6. The van der Waals surface area contributed by atoms with E-state index in [9.17, 15) is 19.2 Å². The summed E-state index contributed by atoms with van der Waals surface area (Å²) >= 11 is 0. The third-order valence-corrected chi connectivity index (χ3v) is 11.7. The van der Waals surface area contributed by atoms with Crippen LogP contribution in [0.2, 0.25) is 0 Å². The molecule has 0 aliphatic heterocycles. The van der Waals surface area contributed by atoms with Crippen molar-refractivity contribution in [3.05, 3.63) is 35.4 Å². The van der Waals surface area contributed by atoms with E-state index >= 15 is 0 Å². The van der Waals surface area contributed by atoms with Crippen LogP contribution in [-0.2, 0) is 38.0 Å². The first-order chi connectivity index (χ1) is 30.2. The zero-order valence-corrected chi connectivity index (χ0v) is 40.3. The molecule has 0 amide bonds. The molecule has 0 saturated carbocycles. The van der Waals surface area contributed by atoms with Crippen molar-refractivity contribution in [3.8, 4) is 0 Å². The van der Waals surface area contributed by atoms with Gasteiger partial charge in [0.15, 0.2) is 0 Å². The van der Waals surface area contributed by atoms with E-state index in [0.29, 0.717) is 43.6 Å². The lowest BCUT2D eigenvalue weighted by Crippen LogP contribution is -2.34. The van der Waals surface area contributed by atoms with Crippen LogP contribution in [0.5, 0.6) is 0 Å². The number of carbonyl (C=O) groups is 4. The molecular formula is C52H90O10. The molecule has 0 aliphatic rings. The van der Waals surface area contributed by atoms with Gasteiger partial charge in [-0.3, -0.25) is 9.59 Å². The minimum absolute atomic E-state index is 0.162. The average Bonchev–Trinajstić information content (AvgIpc) is 3.28. The van der Waals surface area contributed by atoms with E-state index < -0.39 is 11.9 Å². The monoisotopic (exact) mass is 875 g/mol. The Hall–Kier alpha value is -2.98. The maximum absolute atomic E-state index is 13.8. The fraction of sp³-hybridized carbons (Fsp3) is 0.808. The molecule has 62 heavy (non-hydrogen) atoms. The molecular weight excluding hydrogens is 785 g/mol. The first kappa shape index (κ1) is 57.0. The van der Waals surface area contributed by atoms with Crippen LogP contribution in [0.15, 0.2) is 24.3 Å². The third kappa shape index (κ3) is 28.7. The van der Waals surface area contributed by atoms with E-state index in [1.165, 1.54) is 65.6 Å². The summed E-state index contributed by atoms with van der Waals surface area (Å²) in [6.45, 7) is 9.85. The Morgan fingerprint density at radius 2 is 0.677 bits per heavy atom. The molecule has 0 bridgehead atoms. The Bertz CT molecular complexity index is 1250. The average molecular weight is 875 g/mol. The molecule has 0 fully saturated rings. The lowest BCUT2D eigenvalue weighted by atomic mass is 9.98. The van der Waals surface area contributed by atoms with Crippen LogP contribution in [0.25, 0.3) is 0 Å². The summed E-state index contributed by atoms with van der Waals surface area (Å²) in [5.74, 6) is -1.16. The fourth-order valence-electron chi connectivity index (χ4n) is 7.83. The minimum Gasteiger partial charge on any atom is -0.469 e. The SMILES string of the molecule is CCCCCCCCC(OCCC)C(CCCCCCCC(=O)OC)OC(=O)c1ccc(C(=O)OC(CCCCCCCC)C(CCCCCCCC(=O)OC)OCCC)cc1. The van der Waals surface area contributed by atoms with E-state index in [2.05, 4.69) is 27.7 Å². The zero-order valence-electron chi connectivity index (χ0n) is 40.3. The van der Waals surface area contributed by atoms with Gasteiger partial charge < -0.3 is 28.4 Å². The van der Waals surface area contributed by atoms with E-state index in [0.717, 1.165) is 122 Å². The number of esters is 4. The number of rotatable bonds is 42. The predicted molar refractivity (Wildman–Crippen MR) is 250 cm³/mol. The van der Waals surface area contributed by atoms with Gasteiger partial charge in [0.2, 0.25) is 0 Å². The predicted octanol–water partition coefficient (Wildman–Crippen LogP) is 13.6. The molecule has 4 atom stereocenters. The number of methoxy groups -OCH3 is 2. The van der Waals surface area contributed by atoms with Gasteiger partial charge in [0.05, 0.1) is 37.6 Å². The van der Waals surface area contributed by atoms with Gasteiger partial charge >= 0.3 is 23.9 Å². The highest BCUT2D eigenvalue weighted by atomic mass is 16.6. The van der Waals surface area contributed by atoms with Crippen molar-refractivity contribution >= 4 is 23.9 Å². The normalized spacial score (nSPS) is 13.3. The number of hydrogen-bond acceptors (Lipinski definition) is 10. The molecule has 10 heteroatoms. The fourth-order valence-corrected chi connectivity index (χ4v) is 7.83. The first-order valence-electron chi connectivity index (χ1n) is 25.1. The Kier molecular flexibility index (Phi) is 36.4. The van der Waals surface area contributed by atoms with Crippen LogP contribution in [0.1, 0.15) is 241 Å². The Morgan fingerprint density at radius 1 is 0.387 bits per heavy atom. The Morgan fingerprint density at radius 3 is 0.984 bits per heavy atom. The number of carbonyl (C=O) groups excluding carboxylic acids is 4. The van der Waals surface area contributed by atoms with Crippen molar-refractivity contribution in [1.82, 2.24) is 0 Å².